The molecule has 0 radical (unpaired) electrons. The fourth-order valence-corrected chi connectivity index (χ4v) is 1.35. The van der Waals surface area contributed by atoms with E-state index in [0.29, 0.717) is 11.8 Å². The molecule has 0 saturated carbocycles. The summed E-state index contributed by atoms with van der Waals surface area (Å²) in [5.41, 5.74) is 0. The zero-order valence-electron chi connectivity index (χ0n) is 9.90. The van der Waals surface area contributed by atoms with Crippen molar-refractivity contribution in [1.29, 1.82) is 0 Å². The maximum Gasteiger partial charge on any atom is 0.411 e. The fourth-order valence-electron chi connectivity index (χ4n) is 1.35. The van der Waals surface area contributed by atoms with Crippen LogP contribution in [0.2, 0.25) is 0 Å². The zero-order valence-corrected chi connectivity index (χ0v) is 9.90. The highest BCUT2D eigenvalue weighted by molar-refractivity contribution is 4.62. The lowest BCUT2D eigenvalue weighted by atomic mass is 9.89. The number of halogens is 3. The molecule has 0 fully saturated rings. The second-order valence-corrected chi connectivity index (χ2v) is 4.69. The Morgan fingerprint density at radius 2 is 1.60 bits per heavy atom. The number of alkyl halides is 3. The molecule has 0 aromatic rings. The highest BCUT2D eigenvalue weighted by Gasteiger charge is 2.27. The van der Waals surface area contributed by atoms with Crippen LogP contribution >= 0.6 is 0 Å². The van der Waals surface area contributed by atoms with Gasteiger partial charge in [0.05, 0.1) is 0 Å². The van der Waals surface area contributed by atoms with E-state index in [1.54, 1.807) is 0 Å². The van der Waals surface area contributed by atoms with Crippen molar-refractivity contribution in [3.05, 3.63) is 0 Å². The maximum atomic E-state index is 11.8. The molecular formula is C11H21F3O. The van der Waals surface area contributed by atoms with Crippen LogP contribution in [-0.4, -0.2) is 19.4 Å². The summed E-state index contributed by atoms with van der Waals surface area (Å²) in [4.78, 5) is 0. The van der Waals surface area contributed by atoms with Gasteiger partial charge in [-0.15, -0.1) is 0 Å². The maximum absolute atomic E-state index is 11.8. The minimum atomic E-state index is -4.20. The van der Waals surface area contributed by atoms with Gasteiger partial charge in [-0.3, -0.25) is 0 Å². The van der Waals surface area contributed by atoms with Crippen molar-refractivity contribution in [3.8, 4) is 0 Å². The molecular weight excluding hydrogens is 205 g/mol. The molecule has 0 aliphatic carbocycles. The quantitative estimate of drug-likeness (QED) is 0.667. The summed E-state index contributed by atoms with van der Waals surface area (Å²) in [5.74, 6) is 1.27. The van der Waals surface area contributed by atoms with E-state index in [4.69, 9.17) is 0 Å². The highest BCUT2D eigenvalue weighted by Crippen LogP contribution is 2.20. The van der Waals surface area contributed by atoms with E-state index in [1.165, 1.54) is 0 Å². The fraction of sp³-hybridized carbons (Fsp3) is 1.00. The minimum absolute atomic E-state index is 0.185. The molecule has 0 rings (SSSR count). The van der Waals surface area contributed by atoms with Gasteiger partial charge in [-0.1, -0.05) is 27.7 Å². The Kier molecular flexibility index (Phi) is 6.25. The molecule has 0 saturated heterocycles. The monoisotopic (exact) mass is 226 g/mol. The van der Waals surface area contributed by atoms with E-state index in [1.807, 2.05) is 6.92 Å². The summed E-state index contributed by atoms with van der Waals surface area (Å²) in [6.07, 6.45) is -3.29. The average molecular weight is 226 g/mol. The summed E-state index contributed by atoms with van der Waals surface area (Å²) in [6.45, 7) is 7.34. The average Bonchev–Trinajstić information content (AvgIpc) is 2.01. The first-order valence-electron chi connectivity index (χ1n) is 5.37. The third-order valence-electron chi connectivity index (χ3n) is 2.58. The van der Waals surface area contributed by atoms with Crippen LogP contribution in [0.4, 0.5) is 13.2 Å². The van der Waals surface area contributed by atoms with E-state index in [2.05, 4.69) is 25.5 Å². The van der Waals surface area contributed by atoms with Crippen molar-refractivity contribution in [2.75, 3.05) is 13.2 Å². The third kappa shape index (κ3) is 8.73. The van der Waals surface area contributed by atoms with Gasteiger partial charge in [0.25, 0.3) is 0 Å². The minimum Gasteiger partial charge on any atom is -0.372 e. The first-order valence-corrected chi connectivity index (χ1v) is 5.37. The molecule has 0 aromatic carbocycles. The van der Waals surface area contributed by atoms with Gasteiger partial charge in [0.15, 0.2) is 0 Å². The van der Waals surface area contributed by atoms with Crippen LogP contribution in [0, 0.1) is 17.8 Å². The van der Waals surface area contributed by atoms with Crippen LogP contribution in [-0.2, 0) is 4.74 Å². The van der Waals surface area contributed by atoms with Gasteiger partial charge >= 0.3 is 6.18 Å². The second kappa shape index (κ2) is 6.36. The van der Waals surface area contributed by atoms with Gasteiger partial charge in [-0.25, -0.2) is 0 Å². The van der Waals surface area contributed by atoms with Gasteiger partial charge in [-0.05, 0) is 24.2 Å². The molecule has 4 heteroatoms. The molecule has 0 aliphatic heterocycles. The Hall–Kier alpha value is -0.250. The smallest absolute Gasteiger partial charge is 0.372 e. The molecule has 0 amide bonds. The lowest BCUT2D eigenvalue weighted by molar-refractivity contribution is -0.176. The normalized spacial score (nSPS) is 16.8. The predicted molar refractivity (Wildman–Crippen MR) is 54.7 cm³/mol. The first-order chi connectivity index (χ1) is 6.72. The molecule has 15 heavy (non-hydrogen) atoms. The van der Waals surface area contributed by atoms with Crippen LogP contribution in [0.3, 0.4) is 0 Å². The Labute approximate surface area is 90.0 Å². The number of hydrogen-bond acceptors (Lipinski definition) is 1. The van der Waals surface area contributed by atoms with Crippen molar-refractivity contribution >= 4 is 0 Å². The molecule has 1 nitrogen and oxygen atoms in total. The van der Waals surface area contributed by atoms with E-state index in [0.717, 1.165) is 6.42 Å². The van der Waals surface area contributed by atoms with Gasteiger partial charge in [0.1, 0.15) is 6.61 Å². The topological polar surface area (TPSA) is 9.23 Å². The predicted octanol–water partition coefficient (Wildman–Crippen LogP) is 3.88. The summed E-state index contributed by atoms with van der Waals surface area (Å²) >= 11 is 0. The van der Waals surface area contributed by atoms with Crippen LogP contribution < -0.4 is 0 Å². The second-order valence-electron chi connectivity index (χ2n) is 4.69. The number of hydrogen-bond donors (Lipinski definition) is 0. The highest BCUT2D eigenvalue weighted by atomic mass is 19.4. The van der Waals surface area contributed by atoms with Crippen molar-refractivity contribution in [3.63, 3.8) is 0 Å². The third-order valence-corrected chi connectivity index (χ3v) is 2.58. The molecule has 92 valence electrons. The van der Waals surface area contributed by atoms with E-state index >= 15 is 0 Å². The molecule has 0 aliphatic rings. The van der Waals surface area contributed by atoms with E-state index in [-0.39, 0.29) is 12.5 Å². The molecule has 0 spiro atoms. The van der Waals surface area contributed by atoms with Gasteiger partial charge in [0, 0.05) is 6.61 Å². The molecule has 0 N–H and O–H groups in total. The van der Waals surface area contributed by atoms with Gasteiger partial charge in [-0.2, -0.15) is 13.2 Å². The van der Waals surface area contributed by atoms with Crippen LogP contribution in [0.15, 0.2) is 0 Å². The Morgan fingerprint density at radius 1 is 1.07 bits per heavy atom. The summed E-state index contributed by atoms with van der Waals surface area (Å²) in [7, 11) is 0. The number of ether oxygens (including phenoxy) is 1. The van der Waals surface area contributed by atoms with Crippen LogP contribution in [0.25, 0.3) is 0 Å². The van der Waals surface area contributed by atoms with Crippen molar-refractivity contribution in [1.82, 2.24) is 0 Å². The zero-order chi connectivity index (χ0) is 12.1. The Bertz CT molecular complexity index is 166. The number of rotatable bonds is 6. The molecule has 0 aromatic heterocycles. The standard InChI is InChI=1S/C11H21F3O/c1-8(2)10(4)5-9(3)6-15-7-11(12,13)14/h8-10H,5-7H2,1-4H3. The molecule has 0 bridgehead atoms. The van der Waals surface area contributed by atoms with Crippen molar-refractivity contribution < 1.29 is 17.9 Å². The van der Waals surface area contributed by atoms with E-state index < -0.39 is 12.8 Å². The van der Waals surface area contributed by atoms with Crippen molar-refractivity contribution in [2.24, 2.45) is 17.8 Å². The Morgan fingerprint density at radius 3 is 2.00 bits per heavy atom. The molecule has 2 unspecified atom stereocenters. The van der Waals surface area contributed by atoms with Gasteiger partial charge in [0.2, 0.25) is 0 Å². The lowest BCUT2D eigenvalue weighted by Crippen LogP contribution is -2.20. The lowest BCUT2D eigenvalue weighted by Gasteiger charge is -2.20. The van der Waals surface area contributed by atoms with Crippen molar-refractivity contribution in [2.45, 2.75) is 40.3 Å². The summed E-state index contributed by atoms with van der Waals surface area (Å²) in [6, 6.07) is 0. The van der Waals surface area contributed by atoms with Crippen LogP contribution in [0.5, 0.6) is 0 Å². The largest absolute Gasteiger partial charge is 0.411 e. The summed E-state index contributed by atoms with van der Waals surface area (Å²) < 4.78 is 39.9. The van der Waals surface area contributed by atoms with Gasteiger partial charge < -0.3 is 4.74 Å². The van der Waals surface area contributed by atoms with Crippen LogP contribution in [0.1, 0.15) is 34.1 Å². The summed E-state index contributed by atoms with van der Waals surface area (Å²) in [5, 5.41) is 0. The first kappa shape index (κ1) is 14.8. The molecule has 2 atom stereocenters. The molecule has 0 heterocycles. The Balaban J connectivity index is 3.62. The van der Waals surface area contributed by atoms with E-state index in [9.17, 15) is 13.2 Å². The SMILES string of the molecule is CC(COCC(F)(F)F)CC(C)C(C)C.